The highest BCUT2D eigenvalue weighted by atomic mass is 32.2. The van der Waals surface area contributed by atoms with Gasteiger partial charge in [-0.05, 0) is 40.5 Å². The molecule has 0 aromatic heterocycles. The van der Waals surface area contributed by atoms with Crippen LogP contribution in [-0.2, 0) is 14.3 Å². The quantitative estimate of drug-likeness (QED) is 0.572. The van der Waals surface area contributed by atoms with Crippen LogP contribution in [0.4, 0.5) is 0 Å². The first-order chi connectivity index (χ1) is 8.79. The van der Waals surface area contributed by atoms with Gasteiger partial charge in [-0.25, -0.2) is 0 Å². The third kappa shape index (κ3) is 6.46. The van der Waals surface area contributed by atoms with Crippen molar-refractivity contribution in [3.63, 3.8) is 0 Å². The van der Waals surface area contributed by atoms with E-state index in [0.29, 0.717) is 11.0 Å². The first-order valence-corrected chi connectivity index (χ1v) is 8.21. The Morgan fingerprint density at radius 2 is 1.79 bits per heavy atom. The molecular formula is C15H26O3S. The predicted octanol–water partition coefficient (Wildman–Crippen LogP) is 3.60. The van der Waals surface area contributed by atoms with Crippen LogP contribution in [0.25, 0.3) is 0 Å². The van der Waals surface area contributed by atoms with E-state index in [2.05, 4.69) is 0 Å². The first-order valence-electron chi connectivity index (χ1n) is 7.17. The maximum absolute atomic E-state index is 12.0. The number of Topliss-reactive ketones (excluding diaryl/α,β-unsaturated/α-hetero) is 1. The van der Waals surface area contributed by atoms with E-state index in [1.165, 1.54) is 32.1 Å². The number of rotatable bonds is 5. The fourth-order valence-corrected chi connectivity index (χ4v) is 3.40. The van der Waals surface area contributed by atoms with Gasteiger partial charge >= 0.3 is 5.97 Å². The standard InChI is InChI=1S/C15H26O3S/c1-11(14(17)18-15(2,3)4)13(16)10-19-12-8-6-5-7-9-12/h11-12H,5-10H2,1-4H3. The predicted molar refractivity (Wildman–Crippen MR) is 79.3 cm³/mol. The van der Waals surface area contributed by atoms with E-state index < -0.39 is 17.5 Å². The number of hydrogen-bond donors (Lipinski definition) is 0. The number of esters is 1. The summed E-state index contributed by atoms with van der Waals surface area (Å²) in [5.41, 5.74) is -0.526. The number of carbonyl (C=O) groups excluding carboxylic acids is 2. The molecule has 1 rings (SSSR count). The number of carbonyl (C=O) groups is 2. The Bertz CT molecular complexity index is 314. The van der Waals surface area contributed by atoms with E-state index in [4.69, 9.17) is 4.74 Å². The molecule has 0 spiro atoms. The normalized spacial score (nSPS) is 18.9. The molecule has 3 nitrogen and oxygen atoms in total. The monoisotopic (exact) mass is 286 g/mol. The minimum atomic E-state index is -0.643. The Hall–Kier alpha value is -0.510. The van der Waals surface area contributed by atoms with Gasteiger partial charge in [-0.15, -0.1) is 0 Å². The minimum absolute atomic E-state index is 0.00942. The molecule has 0 aliphatic heterocycles. The van der Waals surface area contributed by atoms with Crippen molar-refractivity contribution in [1.82, 2.24) is 0 Å². The van der Waals surface area contributed by atoms with E-state index in [0.717, 1.165) is 0 Å². The summed E-state index contributed by atoms with van der Waals surface area (Å²) in [5.74, 6) is -0.618. The molecule has 1 atom stereocenters. The van der Waals surface area contributed by atoms with Crippen LogP contribution in [0, 0.1) is 5.92 Å². The average Bonchev–Trinajstić information content (AvgIpc) is 2.34. The van der Waals surface area contributed by atoms with Crippen LogP contribution in [0.5, 0.6) is 0 Å². The Kier molecular flexibility index (Phi) is 6.37. The molecule has 1 fully saturated rings. The summed E-state index contributed by atoms with van der Waals surface area (Å²) in [6, 6.07) is 0. The number of ketones is 1. The van der Waals surface area contributed by atoms with Crippen molar-refractivity contribution in [2.45, 2.75) is 70.7 Å². The van der Waals surface area contributed by atoms with Gasteiger partial charge in [0.1, 0.15) is 11.5 Å². The second-order valence-corrected chi connectivity index (χ2v) is 7.58. The van der Waals surface area contributed by atoms with Crippen LogP contribution in [0.1, 0.15) is 59.8 Å². The lowest BCUT2D eigenvalue weighted by Crippen LogP contribution is -2.32. The summed E-state index contributed by atoms with van der Waals surface area (Å²) >= 11 is 1.71. The second kappa shape index (κ2) is 7.32. The molecule has 1 unspecified atom stereocenters. The highest BCUT2D eigenvalue weighted by Crippen LogP contribution is 2.28. The van der Waals surface area contributed by atoms with Gasteiger partial charge in [-0.3, -0.25) is 9.59 Å². The third-order valence-electron chi connectivity index (χ3n) is 3.26. The van der Waals surface area contributed by atoms with E-state index >= 15 is 0 Å². The van der Waals surface area contributed by atoms with Gasteiger partial charge < -0.3 is 4.74 Å². The van der Waals surface area contributed by atoms with Crippen molar-refractivity contribution in [2.24, 2.45) is 5.92 Å². The van der Waals surface area contributed by atoms with Crippen LogP contribution in [0.2, 0.25) is 0 Å². The van der Waals surface area contributed by atoms with Gasteiger partial charge in [0, 0.05) is 5.25 Å². The Labute approximate surface area is 120 Å². The zero-order valence-electron chi connectivity index (χ0n) is 12.5. The molecule has 0 aromatic rings. The van der Waals surface area contributed by atoms with Gasteiger partial charge in [0.05, 0.1) is 5.75 Å². The minimum Gasteiger partial charge on any atom is -0.459 e. The summed E-state index contributed by atoms with van der Waals surface area (Å²) < 4.78 is 5.24. The largest absolute Gasteiger partial charge is 0.459 e. The van der Waals surface area contributed by atoms with Crippen molar-refractivity contribution in [3.05, 3.63) is 0 Å². The Morgan fingerprint density at radius 3 is 2.32 bits per heavy atom. The lowest BCUT2D eigenvalue weighted by Gasteiger charge is -2.23. The van der Waals surface area contributed by atoms with E-state index in [9.17, 15) is 9.59 Å². The van der Waals surface area contributed by atoms with Crippen molar-refractivity contribution in [3.8, 4) is 0 Å². The number of ether oxygens (including phenoxy) is 1. The topological polar surface area (TPSA) is 43.4 Å². The zero-order chi connectivity index (χ0) is 14.5. The number of thioether (sulfide) groups is 1. The molecule has 0 bridgehead atoms. The molecule has 0 N–H and O–H groups in total. The SMILES string of the molecule is CC(C(=O)CSC1CCCCC1)C(=O)OC(C)(C)C. The van der Waals surface area contributed by atoms with E-state index in [1.807, 2.05) is 20.8 Å². The smallest absolute Gasteiger partial charge is 0.316 e. The molecule has 0 aromatic carbocycles. The van der Waals surface area contributed by atoms with Gasteiger partial charge in [-0.1, -0.05) is 19.3 Å². The van der Waals surface area contributed by atoms with Gasteiger partial charge in [0.2, 0.25) is 0 Å². The molecule has 1 aliphatic rings. The molecule has 4 heteroatoms. The molecule has 19 heavy (non-hydrogen) atoms. The van der Waals surface area contributed by atoms with Crippen LogP contribution in [-0.4, -0.2) is 28.4 Å². The zero-order valence-corrected chi connectivity index (χ0v) is 13.3. The summed E-state index contributed by atoms with van der Waals surface area (Å²) in [4.78, 5) is 23.8. The third-order valence-corrected chi connectivity index (χ3v) is 4.65. The fraction of sp³-hybridized carbons (Fsp3) is 0.867. The molecule has 1 aliphatic carbocycles. The molecule has 0 amide bonds. The van der Waals surface area contributed by atoms with Crippen LogP contribution in [0.15, 0.2) is 0 Å². The fourth-order valence-electron chi connectivity index (χ4n) is 2.08. The average molecular weight is 286 g/mol. The highest BCUT2D eigenvalue weighted by Gasteiger charge is 2.27. The lowest BCUT2D eigenvalue weighted by molar-refractivity contribution is -0.160. The Balaban J connectivity index is 2.33. The van der Waals surface area contributed by atoms with E-state index in [-0.39, 0.29) is 5.78 Å². The van der Waals surface area contributed by atoms with Crippen molar-refractivity contribution >= 4 is 23.5 Å². The lowest BCUT2D eigenvalue weighted by atomic mass is 10.0. The van der Waals surface area contributed by atoms with Crippen molar-refractivity contribution in [1.29, 1.82) is 0 Å². The molecule has 0 saturated heterocycles. The maximum atomic E-state index is 12.0. The molecule has 110 valence electrons. The van der Waals surface area contributed by atoms with Crippen LogP contribution >= 0.6 is 11.8 Å². The highest BCUT2D eigenvalue weighted by molar-refractivity contribution is 8.00. The second-order valence-electron chi connectivity index (χ2n) is 6.29. The summed E-state index contributed by atoms with van der Waals surface area (Å²) in [7, 11) is 0. The molecular weight excluding hydrogens is 260 g/mol. The molecule has 0 heterocycles. The first kappa shape index (κ1) is 16.5. The van der Waals surface area contributed by atoms with Gasteiger partial charge in [0.25, 0.3) is 0 Å². The molecule has 0 radical (unpaired) electrons. The summed E-state index contributed by atoms with van der Waals surface area (Å²) in [5, 5.41) is 0.600. The summed E-state index contributed by atoms with van der Waals surface area (Å²) in [6.07, 6.45) is 6.28. The van der Waals surface area contributed by atoms with Crippen LogP contribution < -0.4 is 0 Å². The van der Waals surface area contributed by atoms with Gasteiger partial charge in [-0.2, -0.15) is 11.8 Å². The Morgan fingerprint density at radius 1 is 1.21 bits per heavy atom. The van der Waals surface area contributed by atoms with Crippen LogP contribution in [0.3, 0.4) is 0 Å². The summed E-state index contributed by atoms with van der Waals surface area (Å²) in [6.45, 7) is 7.11. The van der Waals surface area contributed by atoms with Gasteiger partial charge in [0.15, 0.2) is 5.78 Å². The number of hydrogen-bond acceptors (Lipinski definition) is 4. The van der Waals surface area contributed by atoms with Crippen molar-refractivity contribution < 1.29 is 14.3 Å². The van der Waals surface area contributed by atoms with Crippen molar-refractivity contribution in [2.75, 3.05) is 5.75 Å². The molecule has 1 saturated carbocycles. The van der Waals surface area contributed by atoms with E-state index in [1.54, 1.807) is 18.7 Å². The maximum Gasteiger partial charge on any atom is 0.316 e.